The summed E-state index contributed by atoms with van der Waals surface area (Å²) in [5, 5.41) is 22.6. The molecule has 2 aromatic heterocycles. The molecule has 0 bridgehead atoms. The van der Waals surface area contributed by atoms with E-state index >= 15 is 0 Å². The Kier molecular flexibility index (Phi) is 4.76. The second-order valence-electron chi connectivity index (χ2n) is 5.36. The van der Waals surface area contributed by atoms with Gasteiger partial charge in [-0.2, -0.15) is 15.5 Å². The van der Waals surface area contributed by atoms with Gasteiger partial charge in [0.2, 0.25) is 0 Å². The summed E-state index contributed by atoms with van der Waals surface area (Å²) < 4.78 is 3.32. The van der Waals surface area contributed by atoms with Crippen LogP contribution in [-0.4, -0.2) is 25.6 Å². The van der Waals surface area contributed by atoms with E-state index in [2.05, 4.69) is 26.9 Å². The Bertz CT molecular complexity index is 905. The number of amides is 2. The van der Waals surface area contributed by atoms with Crippen molar-refractivity contribution >= 4 is 17.5 Å². The quantitative estimate of drug-likeness (QED) is 0.748. The fraction of sp³-hybridized carbons (Fsp3) is 0.176. The van der Waals surface area contributed by atoms with Gasteiger partial charge in [-0.05, 0) is 19.1 Å². The van der Waals surface area contributed by atoms with Gasteiger partial charge >= 0.3 is 6.03 Å². The van der Waals surface area contributed by atoms with Crippen LogP contribution in [0.4, 0.5) is 16.3 Å². The molecule has 0 radical (unpaired) electrons. The van der Waals surface area contributed by atoms with E-state index in [9.17, 15) is 4.79 Å². The van der Waals surface area contributed by atoms with Gasteiger partial charge in [-0.3, -0.25) is 10.00 Å². The summed E-state index contributed by atoms with van der Waals surface area (Å²) in [5.74, 6) is 0.420. The number of hydrogen-bond acceptors (Lipinski definition) is 4. The van der Waals surface area contributed by atoms with Gasteiger partial charge in [0.1, 0.15) is 0 Å². The smallest absolute Gasteiger partial charge is 0.305 e. The SMILES string of the molecule is Cc1nn(-c2ccccc2)cc1NC(=O)Nc1ccn(CCC#N)n1. The Hall–Kier alpha value is -3.60. The molecule has 2 N–H and O–H groups in total. The number of aryl methyl sites for hydroxylation is 2. The highest BCUT2D eigenvalue weighted by Gasteiger charge is 2.11. The summed E-state index contributed by atoms with van der Waals surface area (Å²) in [6, 6.07) is 13.0. The molecule has 8 heteroatoms. The average Bonchev–Trinajstić information content (AvgIpc) is 3.21. The molecule has 2 amide bonds. The molecule has 0 fully saturated rings. The van der Waals surface area contributed by atoms with E-state index < -0.39 is 6.03 Å². The number of carbonyl (C=O) groups excluding carboxylic acids is 1. The molecule has 0 aliphatic carbocycles. The summed E-state index contributed by atoms with van der Waals surface area (Å²) in [6.07, 6.45) is 3.84. The van der Waals surface area contributed by atoms with Crippen LogP contribution < -0.4 is 10.6 Å². The second-order valence-corrected chi connectivity index (χ2v) is 5.36. The van der Waals surface area contributed by atoms with Crippen molar-refractivity contribution in [3.8, 4) is 11.8 Å². The minimum atomic E-state index is -0.402. The minimum Gasteiger partial charge on any atom is -0.305 e. The molecule has 0 unspecified atom stereocenters. The van der Waals surface area contributed by atoms with Crippen molar-refractivity contribution in [1.82, 2.24) is 19.6 Å². The normalized spacial score (nSPS) is 10.2. The molecular weight excluding hydrogens is 318 g/mol. The number of benzene rings is 1. The van der Waals surface area contributed by atoms with Crippen molar-refractivity contribution in [3.63, 3.8) is 0 Å². The number of nitrogens with one attached hydrogen (secondary N) is 2. The summed E-state index contributed by atoms with van der Waals surface area (Å²) in [4.78, 5) is 12.1. The number of anilines is 2. The maximum absolute atomic E-state index is 12.1. The molecule has 2 heterocycles. The van der Waals surface area contributed by atoms with Crippen LogP contribution in [0.1, 0.15) is 12.1 Å². The first kappa shape index (κ1) is 16.3. The lowest BCUT2D eigenvalue weighted by atomic mass is 10.3. The van der Waals surface area contributed by atoms with Crippen molar-refractivity contribution in [3.05, 3.63) is 54.5 Å². The van der Waals surface area contributed by atoms with Crippen LogP contribution in [0.3, 0.4) is 0 Å². The number of rotatable bonds is 5. The third-order valence-corrected chi connectivity index (χ3v) is 3.50. The first-order chi connectivity index (χ1) is 12.2. The topological polar surface area (TPSA) is 101 Å². The molecule has 3 aromatic rings. The van der Waals surface area contributed by atoms with Gasteiger partial charge in [-0.15, -0.1) is 0 Å². The van der Waals surface area contributed by atoms with Crippen LogP contribution in [0.15, 0.2) is 48.8 Å². The van der Waals surface area contributed by atoms with Gasteiger partial charge in [-0.1, -0.05) is 18.2 Å². The monoisotopic (exact) mass is 335 g/mol. The van der Waals surface area contributed by atoms with E-state index in [1.807, 2.05) is 37.3 Å². The van der Waals surface area contributed by atoms with E-state index in [-0.39, 0.29) is 0 Å². The molecule has 8 nitrogen and oxygen atoms in total. The molecule has 0 atom stereocenters. The third kappa shape index (κ3) is 4.03. The number of nitrogens with zero attached hydrogens (tertiary/aromatic N) is 5. The highest BCUT2D eigenvalue weighted by Crippen LogP contribution is 2.16. The maximum Gasteiger partial charge on any atom is 0.324 e. The van der Waals surface area contributed by atoms with Crippen LogP contribution in [0.2, 0.25) is 0 Å². The highest BCUT2D eigenvalue weighted by molar-refractivity contribution is 5.99. The van der Waals surface area contributed by atoms with E-state index in [4.69, 9.17) is 5.26 Å². The number of nitriles is 1. The van der Waals surface area contributed by atoms with Gasteiger partial charge in [0.05, 0.1) is 42.3 Å². The second kappa shape index (κ2) is 7.31. The van der Waals surface area contributed by atoms with Gasteiger partial charge in [0.25, 0.3) is 0 Å². The molecule has 0 saturated heterocycles. The molecule has 0 spiro atoms. The zero-order valence-corrected chi connectivity index (χ0v) is 13.7. The van der Waals surface area contributed by atoms with E-state index in [1.54, 1.807) is 27.8 Å². The van der Waals surface area contributed by atoms with Crippen molar-refractivity contribution in [2.75, 3.05) is 10.6 Å². The molecular formula is C17H17N7O. The predicted octanol–water partition coefficient (Wildman–Crippen LogP) is 2.93. The van der Waals surface area contributed by atoms with Gasteiger partial charge in [-0.25, -0.2) is 9.48 Å². The summed E-state index contributed by atoms with van der Waals surface area (Å²) in [5.41, 5.74) is 2.24. The lowest BCUT2D eigenvalue weighted by molar-refractivity contribution is 0.262. The van der Waals surface area contributed by atoms with E-state index in [1.165, 1.54) is 0 Å². The predicted molar refractivity (Wildman–Crippen MR) is 93.4 cm³/mol. The number of carbonyl (C=O) groups is 1. The Morgan fingerprint density at radius 2 is 2.00 bits per heavy atom. The zero-order chi connectivity index (χ0) is 17.6. The van der Waals surface area contributed by atoms with E-state index in [0.29, 0.717) is 30.2 Å². The average molecular weight is 335 g/mol. The Labute approximate surface area is 144 Å². The van der Waals surface area contributed by atoms with Crippen molar-refractivity contribution in [2.45, 2.75) is 19.9 Å². The summed E-state index contributed by atoms with van der Waals surface area (Å²) in [7, 11) is 0. The number of hydrogen-bond donors (Lipinski definition) is 2. The van der Waals surface area contributed by atoms with Gasteiger partial charge in [0.15, 0.2) is 5.82 Å². The molecule has 126 valence electrons. The van der Waals surface area contributed by atoms with Crippen LogP contribution in [0, 0.1) is 18.3 Å². The summed E-state index contributed by atoms with van der Waals surface area (Å²) in [6.45, 7) is 2.31. The van der Waals surface area contributed by atoms with Gasteiger partial charge in [0, 0.05) is 12.3 Å². The number of urea groups is 1. The molecule has 3 rings (SSSR count). The van der Waals surface area contributed by atoms with Crippen molar-refractivity contribution in [2.24, 2.45) is 0 Å². The Balaban J connectivity index is 1.64. The largest absolute Gasteiger partial charge is 0.324 e. The number of aromatic nitrogens is 4. The van der Waals surface area contributed by atoms with Crippen LogP contribution >= 0.6 is 0 Å². The molecule has 0 saturated carbocycles. The fourth-order valence-corrected chi connectivity index (χ4v) is 2.28. The summed E-state index contributed by atoms with van der Waals surface area (Å²) >= 11 is 0. The van der Waals surface area contributed by atoms with Crippen molar-refractivity contribution in [1.29, 1.82) is 5.26 Å². The highest BCUT2D eigenvalue weighted by atomic mass is 16.2. The van der Waals surface area contributed by atoms with Crippen LogP contribution in [0.5, 0.6) is 0 Å². The number of para-hydroxylation sites is 1. The lowest BCUT2D eigenvalue weighted by Crippen LogP contribution is -2.20. The first-order valence-corrected chi connectivity index (χ1v) is 7.76. The van der Waals surface area contributed by atoms with Crippen LogP contribution in [0.25, 0.3) is 5.69 Å². The van der Waals surface area contributed by atoms with Crippen LogP contribution in [-0.2, 0) is 6.54 Å². The standard InChI is InChI=1S/C17H17N7O/c1-13-15(12-24(21-13)14-6-3-2-4-7-14)19-17(25)20-16-8-11-23(22-16)10-5-9-18/h2-4,6-8,11-12H,5,10H2,1H3,(H2,19,20,22,25). The lowest BCUT2D eigenvalue weighted by Gasteiger charge is -2.04. The molecule has 0 aliphatic rings. The molecule has 0 aliphatic heterocycles. The van der Waals surface area contributed by atoms with Crippen molar-refractivity contribution < 1.29 is 4.79 Å². The Morgan fingerprint density at radius 3 is 2.76 bits per heavy atom. The van der Waals surface area contributed by atoms with Gasteiger partial charge < -0.3 is 5.32 Å². The van der Waals surface area contributed by atoms with E-state index in [0.717, 1.165) is 5.69 Å². The Morgan fingerprint density at radius 1 is 1.20 bits per heavy atom. The fourth-order valence-electron chi connectivity index (χ4n) is 2.28. The zero-order valence-electron chi connectivity index (χ0n) is 13.7. The molecule has 1 aromatic carbocycles. The maximum atomic E-state index is 12.1. The third-order valence-electron chi connectivity index (χ3n) is 3.50. The minimum absolute atomic E-state index is 0.366. The molecule has 25 heavy (non-hydrogen) atoms. The first-order valence-electron chi connectivity index (χ1n) is 7.76.